The van der Waals surface area contributed by atoms with E-state index in [1.54, 1.807) is 0 Å². The molecular formula is C69H134O17P2. The maximum absolute atomic E-state index is 13.0. The number of hydrogen-bond donors (Lipinski definition) is 3. The minimum Gasteiger partial charge on any atom is -0.462 e. The highest BCUT2D eigenvalue weighted by Crippen LogP contribution is 2.45. The minimum atomic E-state index is -4.95. The molecule has 3 N–H and O–H groups in total. The summed E-state index contributed by atoms with van der Waals surface area (Å²) in [6.45, 7) is 11.8. The van der Waals surface area contributed by atoms with E-state index < -0.39 is 97.5 Å². The number of phosphoric ester groups is 2. The Bertz CT molecular complexity index is 1730. The van der Waals surface area contributed by atoms with Crippen LogP contribution in [-0.4, -0.2) is 96.7 Å². The molecule has 6 atom stereocenters. The Balaban J connectivity index is 5.24. The smallest absolute Gasteiger partial charge is 0.462 e. The maximum atomic E-state index is 13.0. The third-order valence-corrected chi connectivity index (χ3v) is 18.1. The first-order valence-corrected chi connectivity index (χ1v) is 38.9. The van der Waals surface area contributed by atoms with E-state index >= 15 is 0 Å². The van der Waals surface area contributed by atoms with Crippen LogP contribution in [0, 0.1) is 17.8 Å². The van der Waals surface area contributed by atoms with Crippen LogP contribution < -0.4 is 0 Å². The molecule has 522 valence electrons. The van der Waals surface area contributed by atoms with Gasteiger partial charge in [-0.3, -0.25) is 37.3 Å². The fourth-order valence-electron chi connectivity index (χ4n) is 10.3. The Morgan fingerprint density at radius 3 is 0.864 bits per heavy atom. The summed E-state index contributed by atoms with van der Waals surface area (Å²) in [6, 6.07) is 0. The SMILES string of the molecule is CCCCCCCCCCCCCC(=O)O[C@H](COC(=O)CCCCCCCCC(C)CC)COP(=O)(O)OC[C@H](O)COP(=O)(O)OC[C@@H](COC(=O)CCCCCCCCCCC(C)C)OC(=O)CCCCCCCCCCCCCCCC(C)C. The van der Waals surface area contributed by atoms with Crippen LogP contribution in [0.3, 0.4) is 0 Å². The number of unbranched alkanes of at least 4 members (excludes halogenated alkanes) is 34. The predicted octanol–water partition coefficient (Wildman–Crippen LogP) is 19.5. The van der Waals surface area contributed by atoms with Gasteiger partial charge in [0.15, 0.2) is 12.2 Å². The minimum absolute atomic E-state index is 0.106. The van der Waals surface area contributed by atoms with E-state index in [4.69, 9.17) is 37.0 Å². The van der Waals surface area contributed by atoms with Crippen molar-refractivity contribution in [2.24, 2.45) is 17.8 Å². The summed E-state index contributed by atoms with van der Waals surface area (Å²) in [7, 11) is -9.90. The van der Waals surface area contributed by atoms with Crippen LogP contribution in [0.15, 0.2) is 0 Å². The van der Waals surface area contributed by atoms with Crippen molar-refractivity contribution in [2.75, 3.05) is 39.6 Å². The lowest BCUT2D eigenvalue weighted by atomic mass is 10.00. The standard InChI is InChI=1S/C69H134O17P2/c1-8-10-11-12-13-14-18-22-29-38-45-52-68(73)86-65(57-80-67(72)51-44-37-32-31-35-42-49-62(7)9-2)59-84-88(77,78)82-55-63(70)54-81-87(75,76)83-58-64(56-79-66(71)50-43-36-28-25-24-27-34-41-48-61(5)6)85-69(74)53-46-39-30-23-20-17-15-16-19-21-26-33-40-47-60(3)4/h60-65,70H,8-59H2,1-7H3,(H,75,76)(H,77,78)/t62?,63-,64-,65-/m1/s1. The summed E-state index contributed by atoms with van der Waals surface area (Å²) >= 11 is 0. The molecule has 0 bridgehead atoms. The van der Waals surface area contributed by atoms with Gasteiger partial charge < -0.3 is 33.8 Å². The van der Waals surface area contributed by atoms with Crippen molar-refractivity contribution < 1.29 is 80.2 Å². The van der Waals surface area contributed by atoms with Crippen molar-refractivity contribution >= 4 is 39.5 Å². The number of aliphatic hydroxyl groups is 1. The lowest BCUT2D eigenvalue weighted by molar-refractivity contribution is -0.161. The summed E-state index contributed by atoms with van der Waals surface area (Å²) in [5, 5.41) is 10.6. The van der Waals surface area contributed by atoms with E-state index in [9.17, 15) is 43.2 Å². The Morgan fingerprint density at radius 1 is 0.330 bits per heavy atom. The van der Waals surface area contributed by atoms with Crippen LogP contribution in [0.5, 0.6) is 0 Å². The van der Waals surface area contributed by atoms with Gasteiger partial charge in [-0.25, -0.2) is 9.13 Å². The Kier molecular flexibility index (Phi) is 58.7. The zero-order valence-corrected chi connectivity index (χ0v) is 59.0. The van der Waals surface area contributed by atoms with E-state index in [1.165, 1.54) is 148 Å². The van der Waals surface area contributed by atoms with Crippen molar-refractivity contribution in [1.82, 2.24) is 0 Å². The van der Waals surface area contributed by atoms with Gasteiger partial charge >= 0.3 is 39.5 Å². The summed E-state index contributed by atoms with van der Waals surface area (Å²) in [5.41, 5.74) is 0. The second-order valence-electron chi connectivity index (χ2n) is 26.1. The molecule has 17 nitrogen and oxygen atoms in total. The fraction of sp³-hybridized carbons (Fsp3) is 0.942. The Hall–Kier alpha value is -1.94. The first-order valence-electron chi connectivity index (χ1n) is 35.9. The monoisotopic (exact) mass is 1300 g/mol. The highest BCUT2D eigenvalue weighted by Gasteiger charge is 2.30. The third-order valence-electron chi connectivity index (χ3n) is 16.2. The van der Waals surface area contributed by atoms with E-state index in [-0.39, 0.29) is 25.7 Å². The van der Waals surface area contributed by atoms with Crippen molar-refractivity contribution in [3.63, 3.8) is 0 Å². The molecule has 88 heavy (non-hydrogen) atoms. The van der Waals surface area contributed by atoms with E-state index in [0.717, 1.165) is 114 Å². The number of phosphoric acid groups is 2. The fourth-order valence-corrected chi connectivity index (χ4v) is 11.9. The molecule has 0 aromatic rings. The molecular weight excluding hydrogens is 1160 g/mol. The number of rotatable bonds is 67. The van der Waals surface area contributed by atoms with Crippen molar-refractivity contribution in [1.29, 1.82) is 0 Å². The van der Waals surface area contributed by atoms with Gasteiger partial charge in [0.05, 0.1) is 26.4 Å². The molecule has 3 unspecified atom stereocenters. The zero-order chi connectivity index (χ0) is 65.2. The normalized spacial score (nSPS) is 14.5. The Morgan fingerprint density at radius 2 is 0.580 bits per heavy atom. The summed E-state index contributed by atoms with van der Waals surface area (Å²) in [5.74, 6) is 0.115. The lowest BCUT2D eigenvalue weighted by Crippen LogP contribution is -2.30. The number of aliphatic hydroxyl groups excluding tert-OH is 1. The number of esters is 4. The number of ether oxygens (including phenoxy) is 4. The molecule has 0 aliphatic rings. The molecule has 0 saturated carbocycles. The molecule has 0 amide bonds. The maximum Gasteiger partial charge on any atom is 0.472 e. The van der Waals surface area contributed by atoms with Crippen LogP contribution >= 0.6 is 15.6 Å². The van der Waals surface area contributed by atoms with Gasteiger partial charge in [0, 0.05) is 25.7 Å². The summed E-state index contributed by atoms with van der Waals surface area (Å²) < 4.78 is 68.2. The predicted molar refractivity (Wildman–Crippen MR) is 354 cm³/mol. The van der Waals surface area contributed by atoms with Crippen LogP contribution in [0.4, 0.5) is 0 Å². The first kappa shape index (κ1) is 86.1. The molecule has 0 aromatic carbocycles. The van der Waals surface area contributed by atoms with Crippen LogP contribution in [-0.2, 0) is 65.4 Å². The van der Waals surface area contributed by atoms with Gasteiger partial charge in [-0.2, -0.15) is 0 Å². The highest BCUT2D eigenvalue weighted by atomic mass is 31.2. The molecule has 19 heteroatoms. The molecule has 0 spiro atoms. The van der Waals surface area contributed by atoms with E-state index in [1.807, 2.05) is 0 Å². The van der Waals surface area contributed by atoms with E-state index in [2.05, 4.69) is 48.5 Å². The van der Waals surface area contributed by atoms with Crippen LogP contribution in [0.1, 0.15) is 344 Å². The first-order chi connectivity index (χ1) is 42.3. The Labute approximate surface area is 537 Å². The molecule has 0 aliphatic heterocycles. The molecule has 0 radical (unpaired) electrons. The molecule has 0 heterocycles. The van der Waals surface area contributed by atoms with E-state index in [0.29, 0.717) is 25.7 Å². The number of carbonyl (C=O) groups excluding carboxylic acids is 4. The number of carbonyl (C=O) groups is 4. The molecule has 0 aromatic heterocycles. The molecule has 0 rings (SSSR count). The second-order valence-corrected chi connectivity index (χ2v) is 29.0. The van der Waals surface area contributed by atoms with Gasteiger partial charge in [-0.1, -0.05) is 292 Å². The van der Waals surface area contributed by atoms with Gasteiger partial charge in [-0.05, 0) is 43.4 Å². The average Bonchev–Trinajstić information content (AvgIpc) is 3.64. The number of hydrogen-bond acceptors (Lipinski definition) is 15. The average molecular weight is 1300 g/mol. The zero-order valence-electron chi connectivity index (χ0n) is 57.2. The quantitative estimate of drug-likeness (QED) is 0.0222. The van der Waals surface area contributed by atoms with Gasteiger partial charge in [-0.15, -0.1) is 0 Å². The largest absolute Gasteiger partial charge is 0.472 e. The topological polar surface area (TPSA) is 237 Å². The van der Waals surface area contributed by atoms with Crippen molar-refractivity contribution in [3.8, 4) is 0 Å². The molecule has 0 aliphatic carbocycles. The van der Waals surface area contributed by atoms with Crippen molar-refractivity contribution in [2.45, 2.75) is 362 Å². The molecule has 0 fully saturated rings. The van der Waals surface area contributed by atoms with Crippen molar-refractivity contribution in [3.05, 3.63) is 0 Å². The third kappa shape index (κ3) is 61.6. The van der Waals surface area contributed by atoms with Crippen LogP contribution in [0.25, 0.3) is 0 Å². The lowest BCUT2D eigenvalue weighted by Gasteiger charge is -2.21. The van der Waals surface area contributed by atoms with Gasteiger partial charge in [0.1, 0.15) is 19.3 Å². The van der Waals surface area contributed by atoms with Gasteiger partial charge in [0.25, 0.3) is 0 Å². The van der Waals surface area contributed by atoms with Gasteiger partial charge in [0.2, 0.25) is 0 Å². The molecule has 0 saturated heterocycles. The second kappa shape index (κ2) is 60.0. The highest BCUT2D eigenvalue weighted by molar-refractivity contribution is 7.47. The summed E-state index contributed by atoms with van der Waals surface area (Å²) in [4.78, 5) is 72.5. The van der Waals surface area contributed by atoms with Crippen LogP contribution in [0.2, 0.25) is 0 Å². The summed E-state index contributed by atoms with van der Waals surface area (Å²) in [6.07, 6.45) is 43.0.